The van der Waals surface area contributed by atoms with Crippen molar-refractivity contribution in [2.75, 3.05) is 5.43 Å². The largest absolute Gasteiger partial charge is 0.481 e. The van der Waals surface area contributed by atoms with Gasteiger partial charge < -0.3 is 5.11 Å². The number of rotatable bonds is 6. The first-order valence-corrected chi connectivity index (χ1v) is 8.37. The number of nitro benzene ring substituents is 2. The first kappa shape index (κ1) is 19.0. The summed E-state index contributed by atoms with van der Waals surface area (Å²) in [4.78, 5) is 32.5. The average Bonchev–Trinajstić information content (AvgIpc) is 3.12. The number of benzene rings is 2. The number of nitro groups is 2. The number of carboxylic acid groups (broad SMARTS) is 1. The Labute approximate surface area is 158 Å². The van der Waals surface area contributed by atoms with E-state index in [1.807, 2.05) is 0 Å². The molecule has 1 saturated carbocycles. The second-order valence-electron chi connectivity index (χ2n) is 6.44. The van der Waals surface area contributed by atoms with E-state index in [1.54, 1.807) is 30.3 Å². The quantitative estimate of drug-likeness (QED) is 0.572. The fraction of sp³-hybridized carbons (Fsp3) is 0.222. The summed E-state index contributed by atoms with van der Waals surface area (Å²) in [6, 6.07) is 12.0. The highest BCUT2D eigenvalue weighted by molar-refractivity contribution is 5.97. The Morgan fingerprint density at radius 1 is 1.11 bits per heavy atom. The van der Waals surface area contributed by atoms with Crippen LogP contribution in [-0.2, 0) is 10.2 Å². The van der Waals surface area contributed by atoms with Crippen LogP contribution in [-0.4, -0.2) is 26.6 Å². The summed E-state index contributed by atoms with van der Waals surface area (Å²) in [7, 11) is 0. The van der Waals surface area contributed by atoms with E-state index in [2.05, 4.69) is 10.5 Å². The Morgan fingerprint density at radius 3 is 2.43 bits per heavy atom. The molecular formula is C18H16N4O6. The summed E-state index contributed by atoms with van der Waals surface area (Å²) in [5.74, 6) is -0.954. The second-order valence-corrected chi connectivity index (χ2v) is 6.44. The van der Waals surface area contributed by atoms with Crippen molar-refractivity contribution in [1.82, 2.24) is 0 Å². The van der Waals surface area contributed by atoms with Crippen molar-refractivity contribution in [3.63, 3.8) is 0 Å². The Bertz CT molecular complexity index is 975. The summed E-state index contributed by atoms with van der Waals surface area (Å²) in [5.41, 5.74) is 1.81. The minimum Gasteiger partial charge on any atom is -0.481 e. The lowest BCUT2D eigenvalue weighted by Gasteiger charge is -2.23. The maximum absolute atomic E-state index is 12.0. The first-order valence-electron chi connectivity index (χ1n) is 8.37. The van der Waals surface area contributed by atoms with Gasteiger partial charge in [-0.2, -0.15) is 5.10 Å². The zero-order chi connectivity index (χ0) is 20.3. The molecule has 1 aliphatic rings. The van der Waals surface area contributed by atoms with Gasteiger partial charge in [0.05, 0.1) is 21.3 Å². The lowest BCUT2D eigenvalue weighted by Crippen LogP contribution is -2.33. The van der Waals surface area contributed by atoms with Crippen LogP contribution in [0.25, 0.3) is 0 Å². The molecule has 1 aliphatic carbocycles. The van der Waals surface area contributed by atoms with E-state index in [4.69, 9.17) is 0 Å². The minimum absolute atomic E-state index is 0.00404. The predicted molar refractivity (Wildman–Crippen MR) is 100 cm³/mol. The summed E-state index contributed by atoms with van der Waals surface area (Å²) in [6.45, 7) is 0. The maximum Gasteiger partial charge on any atom is 0.314 e. The Hall–Kier alpha value is -3.82. The third-order valence-electron chi connectivity index (χ3n) is 4.81. The van der Waals surface area contributed by atoms with Crippen LogP contribution >= 0.6 is 0 Å². The third kappa shape index (κ3) is 3.52. The summed E-state index contributed by atoms with van der Waals surface area (Å²) < 4.78 is 0. The molecule has 2 aromatic carbocycles. The number of hydrogen-bond donors (Lipinski definition) is 2. The smallest absolute Gasteiger partial charge is 0.314 e. The molecular weight excluding hydrogens is 368 g/mol. The van der Waals surface area contributed by atoms with Gasteiger partial charge in [0, 0.05) is 18.2 Å². The van der Waals surface area contributed by atoms with E-state index in [1.165, 1.54) is 6.07 Å². The van der Waals surface area contributed by atoms with E-state index in [0.29, 0.717) is 24.1 Å². The van der Waals surface area contributed by atoms with Crippen molar-refractivity contribution in [2.24, 2.45) is 5.10 Å². The van der Waals surface area contributed by atoms with Gasteiger partial charge in [-0.25, -0.2) is 0 Å². The fourth-order valence-electron chi connectivity index (χ4n) is 3.31. The molecule has 0 aromatic heterocycles. The van der Waals surface area contributed by atoms with Crippen molar-refractivity contribution in [3.8, 4) is 0 Å². The second kappa shape index (κ2) is 7.43. The van der Waals surface area contributed by atoms with Crippen molar-refractivity contribution < 1.29 is 19.7 Å². The van der Waals surface area contributed by atoms with Crippen LogP contribution in [0.3, 0.4) is 0 Å². The minimum atomic E-state index is -1.09. The van der Waals surface area contributed by atoms with Gasteiger partial charge in [0.25, 0.3) is 5.69 Å². The number of hydrogen-bond acceptors (Lipinski definition) is 7. The molecule has 10 heteroatoms. The molecule has 2 N–H and O–H groups in total. The highest BCUT2D eigenvalue weighted by Gasteiger charge is 2.45. The van der Waals surface area contributed by atoms with Gasteiger partial charge in [0.15, 0.2) is 0 Å². The molecule has 0 saturated heterocycles. The zero-order valence-corrected chi connectivity index (χ0v) is 14.6. The summed E-state index contributed by atoms with van der Waals surface area (Å²) in [6.07, 6.45) is 0.935. The Balaban J connectivity index is 1.86. The number of carboxylic acids is 1. The van der Waals surface area contributed by atoms with Gasteiger partial charge in [-0.15, -0.1) is 0 Å². The average molecular weight is 384 g/mol. The monoisotopic (exact) mass is 384 g/mol. The molecule has 1 atom stereocenters. The van der Waals surface area contributed by atoms with Gasteiger partial charge in [-0.05, 0) is 24.5 Å². The van der Waals surface area contributed by atoms with E-state index < -0.39 is 32.6 Å². The molecule has 1 fully saturated rings. The van der Waals surface area contributed by atoms with Crippen molar-refractivity contribution >= 4 is 28.7 Å². The normalized spacial score (nSPS) is 20.1. The molecule has 28 heavy (non-hydrogen) atoms. The summed E-state index contributed by atoms with van der Waals surface area (Å²) >= 11 is 0. The number of anilines is 1. The third-order valence-corrected chi connectivity index (χ3v) is 4.81. The fourth-order valence-corrected chi connectivity index (χ4v) is 3.31. The molecule has 0 radical (unpaired) electrons. The van der Waals surface area contributed by atoms with Crippen LogP contribution in [0.1, 0.15) is 24.8 Å². The highest BCUT2D eigenvalue weighted by Crippen LogP contribution is 2.40. The number of nitrogens with one attached hydrogen (secondary N) is 1. The molecule has 3 rings (SSSR count). The van der Waals surface area contributed by atoms with Crippen LogP contribution in [0, 0.1) is 20.2 Å². The van der Waals surface area contributed by atoms with Crippen LogP contribution in [0.15, 0.2) is 53.6 Å². The van der Waals surface area contributed by atoms with Gasteiger partial charge in [-0.1, -0.05) is 30.3 Å². The zero-order valence-electron chi connectivity index (χ0n) is 14.6. The number of aliphatic carboxylic acids is 1. The topological polar surface area (TPSA) is 148 Å². The summed E-state index contributed by atoms with van der Waals surface area (Å²) in [5, 5.41) is 35.9. The first-order chi connectivity index (χ1) is 13.3. The standard InChI is InChI=1S/C18H16N4O6/c23-17(24)18(12-4-2-1-3-5-12)9-8-13(11-18)19-20-15-7-6-14(21(25)26)10-16(15)22(27)28/h1-7,10,20H,8-9,11H2,(H,23,24)/b19-13+/t18-/m1/s1. The van der Waals surface area contributed by atoms with Crippen molar-refractivity contribution in [3.05, 3.63) is 74.3 Å². The molecule has 2 aromatic rings. The van der Waals surface area contributed by atoms with Crippen LogP contribution in [0.5, 0.6) is 0 Å². The molecule has 0 amide bonds. The number of carbonyl (C=O) groups is 1. The maximum atomic E-state index is 12.0. The highest BCUT2D eigenvalue weighted by atomic mass is 16.6. The van der Waals surface area contributed by atoms with Crippen LogP contribution in [0.4, 0.5) is 17.1 Å². The van der Waals surface area contributed by atoms with Gasteiger partial charge in [0.1, 0.15) is 5.69 Å². The molecule has 10 nitrogen and oxygen atoms in total. The molecule has 0 heterocycles. The molecule has 0 bridgehead atoms. The van der Waals surface area contributed by atoms with E-state index in [9.17, 15) is 30.1 Å². The number of hydrazone groups is 1. The molecule has 0 unspecified atom stereocenters. The Morgan fingerprint density at radius 2 is 1.82 bits per heavy atom. The SMILES string of the molecule is O=C(O)[C@]1(c2ccccc2)CC/C(=N\Nc2ccc([N+](=O)[O-])cc2[N+](=O)[O-])C1. The number of non-ortho nitro benzene ring substituents is 1. The van der Waals surface area contributed by atoms with E-state index >= 15 is 0 Å². The molecule has 0 spiro atoms. The lowest BCUT2D eigenvalue weighted by atomic mass is 9.79. The van der Waals surface area contributed by atoms with Crippen LogP contribution in [0.2, 0.25) is 0 Å². The van der Waals surface area contributed by atoms with Crippen molar-refractivity contribution in [2.45, 2.75) is 24.7 Å². The van der Waals surface area contributed by atoms with E-state index in [-0.39, 0.29) is 12.1 Å². The van der Waals surface area contributed by atoms with Crippen molar-refractivity contribution in [1.29, 1.82) is 0 Å². The lowest BCUT2D eigenvalue weighted by molar-refractivity contribution is -0.393. The van der Waals surface area contributed by atoms with Gasteiger partial charge >= 0.3 is 11.7 Å². The number of nitrogens with zero attached hydrogens (tertiary/aromatic N) is 3. The van der Waals surface area contributed by atoms with Gasteiger partial charge in [0.2, 0.25) is 0 Å². The predicted octanol–water partition coefficient (Wildman–Crippen LogP) is 3.48. The Kier molecular flexibility index (Phi) is 5.03. The molecule has 144 valence electrons. The molecule has 0 aliphatic heterocycles. The van der Waals surface area contributed by atoms with Gasteiger partial charge in [-0.3, -0.25) is 30.4 Å². The van der Waals surface area contributed by atoms with Crippen LogP contribution < -0.4 is 5.43 Å². The van der Waals surface area contributed by atoms with E-state index in [0.717, 1.165) is 12.1 Å².